The lowest BCUT2D eigenvalue weighted by molar-refractivity contribution is -0.147. The summed E-state index contributed by atoms with van der Waals surface area (Å²) in [6.07, 6.45) is 1.53. The Hall–Kier alpha value is -2.21. The van der Waals surface area contributed by atoms with E-state index in [0.29, 0.717) is 31.6 Å². The van der Waals surface area contributed by atoms with Crippen LogP contribution in [0.1, 0.15) is 24.8 Å². The summed E-state index contributed by atoms with van der Waals surface area (Å²) in [7, 11) is 1.40. The summed E-state index contributed by atoms with van der Waals surface area (Å²) in [6, 6.07) is 7.00. The molecule has 6 nitrogen and oxygen atoms in total. The van der Waals surface area contributed by atoms with Gasteiger partial charge >= 0.3 is 5.97 Å². The van der Waals surface area contributed by atoms with E-state index in [0.717, 1.165) is 5.56 Å². The zero-order chi connectivity index (χ0) is 17.3. The molecule has 2 heterocycles. The Morgan fingerprint density at radius 2 is 1.92 bits per heavy atom. The van der Waals surface area contributed by atoms with Crippen molar-refractivity contribution in [3.63, 3.8) is 0 Å². The number of likely N-dealkylation sites (tertiary alicyclic amines) is 1. The number of amides is 2. The predicted molar refractivity (Wildman–Crippen MR) is 88.4 cm³/mol. The van der Waals surface area contributed by atoms with Gasteiger partial charge in [-0.3, -0.25) is 19.3 Å². The second-order valence-electron chi connectivity index (χ2n) is 6.46. The summed E-state index contributed by atoms with van der Waals surface area (Å²) >= 11 is 0. The Balaban J connectivity index is 1.70. The van der Waals surface area contributed by atoms with E-state index >= 15 is 0 Å². The van der Waals surface area contributed by atoms with Gasteiger partial charge in [-0.05, 0) is 50.6 Å². The number of imide groups is 1. The predicted octanol–water partition coefficient (Wildman–Crippen LogP) is 1.51. The molecule has 0 aliphatic carbocycles. The van der Waals surface area contributed by atoms with Crippen LogP contribution in [0.5, 0.6) is 0 Å². The number of carbonyl (C=O) groups excluding carboxylic acids is 3. The first-order valence-corrected chi connectivity index (χ1v) is 8.26. The van der Waals surface area contributed by atoms with Gasteiger partial charge in [-0.2, -0.15) is 0 Å². The zero-order valence-corrected chi connectivity index (χ0v) is 14.0. The van der Waals surface area contributed by atoms with Crippen molar-refractivity contribution >= 4 is 23.5 Å². The van der Waals surface area contributed by atoms with Crippen LogP contribution in [-0.4, -0.2) is 48.9 Å². The second kappa shape index (κ2) is 6.73. The van der Waals surface area contributed by atoms with Crippen molar-refractivity contribution in [1.29, 1.82) is 0 Å². The molecule has 0 N–H and O–H groups in total. The van der Waals surface area contributed by atoms with Crippen LogP contribution < -0.4 is 4.90 Å². The quantitative estimate of drug-likeness (QED) is 0.621. The molecule has 2 fully saturated rings. The molecule has 2 aliphatic heterocycles. The molecule has 0 bridgehead atoms. The molecule has 0 aromatic heterocycles. The summed E-state index contributed by atoms with van der Waals surface area (Å²) in [5.41, 5.74) is 1.65. The maximum Gasteiger partial charge on any atom is 0.308 e. The van der Waals surface area contributed by atoms with E-state index in [1.807, 2.05) is 30.0 Å². The lowest BCUT2D eigenvalue weighted by Gasteiger charge is -2.33. The molecule has 1 atom stereocenters. The van der Waals surface area contributed by atoms with Crippen molar-refractivity contribution in [2.45, 2.75) is 32.2 Å². The Morgan fingerprint density at radius 1 is 1.21 bits per heavy atom. The summed E-state index contributed by atoms with van der Waals surface area (Å²) in [5.74, 6) is -0.621. The number of carbonyl (C=O) groups is 3. The molecule has 6 heteroatoms. The van der Waals surface area contributed by atoms with Gasteiger partial charge in [-0.15, -0.1) is 0 Å². The Morgan fingerprint density at radius 3 is 2.54 bits per heavy atom. The first-order valence-electron chi connectivity index (χ1n) is 8.26. The monoisotopic (exact) mass is 330 g/mol. The number of nitrogens with zero attached hydrogens (tertiary/aromatic N) is 2. The van der Waals surface area contributed by atoms with Crippen LogP contribution in [0.2, 0.25) is 0 Å². The number of aryl methyl sites for hydroxylation is 1. The van der Waals surface area contributed by atoms with Gasteiger partial charge in [-0.1, -0.05) is 12.1 Å². The molecule has 128 valence electrons. The third-order valence-electron chi connectivity index (χ3n) is 4.89. The number of benzene rings is 1. The SMILES string of the molecule is COC(=O)C1CCN([C@@H]2CC(=O)N(c3cccc(C)c3)C2=O)CC1. The van der Waals surface area contributed by atoms with Crippen LogP contribution in [0.25, 0.3) is 0 Å². The number of anilines is 1. The zero-order valence-electron chi connectivity index (χ0n) is 14.0. The molecule has 0 unspecified atom stereocenters. The van der Waals surface area contributed by atoms with E-state index in [2.05, 4.69) is 0 Å². The Labute approximate surface area is 141 Å². The van der Waals surface area contributed by atoms with Crippen molar-refractivity contribution in [2.24, 2.45) is 5.92 Å². The molecule has 2 saturated heterocycles. The minimum atomic E-state index is -0.420. The molecule has 24 heavy (non-hydrogen) atoms. The van der Waals surface area contributed by atoms with E-state index in [1.54, 1.807) is 6.07 Å². The topological polar surface area (TPSA) is 66.9 Å². The van der Waals surface area contributed by atoms with Crippen LogP contribution in [-0.2, 0) is 19.1 Å². The number of piperidine rings is 1. The van der Waals surface area contributed by atoms with Gasteiger partial charge in [0.2, 0.25) is 5.91 Å². The van der Waals surface area contributed by atoms with Gasteiger partial charge < -0.3 is 4.74 Å². The molecule has 0 saturated carbocycles. The van der Waals surface area contributed by atoms with Crippen LogP contribution in [0.15, 0.2) is 24.3 Å². The van der Waals surface area contributed by atoms with Crippen LogP contribution in [0.3, 0.4) is 0 Å². The van der Waals surface area contributed by atoms with Gasteiger partial charge in [-0.25, -0.2) is 4.90 Å². The third kappa shape index (κ3) is 3.06. The van der Waals surface area contributed by atoms with Gasteiger partial charge in [0, 0.05) is 0 Å². The van der Waals surface area contributed by atoms with Crippen molar-refractivity contribution in [1.82, 2.24) is 4.90 Å². The average molecular weight is 330 g/mol. The van der Waals surface area contributed by atoms with Crippen LogP contribution >= 0.6 is 0 Å². The highest BCUT2D eigenvalue weighted by Crippen LogP contribution is 2.29. The molecule has 1 aromatic carbocycles. The number of hydrogen-bond donors (Lipinski definition) is 0. The maximum atomic E-state index is 12.8. The van der Waals surface area contributed by atoms with Gasteiger partial charge in [0.25, 0.3) is 5.91 Å². The van der Waals surface area contributed by atoms with E-state index in [9.17, 15) is 14.4 Å². The van der Waals surface area contributed by atoms with Crippen molar-refractivity contribution in [3.05, 3.63) is 29.8 Å². The Kier molecular flexibility index (Phi) is 4.66. The molecule has 0 spiro atoms. The number of methoxy groups -OCH3 is 1. The molecule has 2 amide bonds. The first-order chi connectivity index (χ1) is 11.5. The summed E-state index contributed by atoms with van der Waals surface area (Å²) in [5, 5.41) is 0. The highest BCUT2D eigenvalue weighted by Gasteiger charge is 2.43. The molecule has 2 aliphatic rings. The number of ether oxygens (including phenoxy) is 1. The fourth-order valence-corrected chi connectivity index (χ4v) is 3.55. The van der Waals surface area contributed by atoms with Gasteiger partial charge in [0.15, 0.2) is 0 Å². The average Bonchev–Trinajstić information content (AvgIpc) is 2.89. The number of hydrogen-bond acceptors (Lipinski definition) is 5. The van der Waals surface area contributed by atoms with Crippen molar-refractivity contribution < 1.29 is 19.1 Å². The Bertz CT molecular complexity index is 665. The third-order valence-corrected chi connectivity index (χ3v) is 4.89. The van der Waals surface area contributed by atoms with E-state index in [4.69, 9.17) is 4.74 Å². The second-order valence-corrected chi connectivity index (χ2v) is 6.46. The van der Waals surface area contributed by atoms with E-state index < -0.39 is 6.04 Å². The van der Waals surface area contributed by atoms with Crippen LogP contribution in [0.4, 0.5) is 5.69 Å². The normalized spacial score (nSPS) is 22.9. The minimum absolute atomic E-state index is 0.105. The summed E-state index contributed by atoms with van der Waals surface area (Å²) in [4.78, 5) is 40.1. The largest absolute Gasteiger partial charge is 0.469 e. The van der Waals surface area contributed by atoms with Gasteiger partial charge in [0.05, 0.1) is 31.2 Å². The number of rotatable bonds is 3. The molecule has 3 rings (SSSR count). The minimum Gasteiger partial charge on any atom is -0.469 e. The van der Waals surface area contributed by atoms with Crippen molar-refractivity contribution in [3.8, 4) is 0 Å². The maximum absolute atomic E-state index is 12.8. The molecular weight excluding hydrogens is 308 g/mol. The highest BCUT2D eigenvalue weighted by atomic mass is 16.5. The van der Waals surface area contributed by atoms with Crippen molar-refractivity contribution in [2.75, 3.05) is 25.1 Å². The van der Waals surface area contributed by atoms with E-state index in [-0.39, 0.29) is 30.1 Å². The van der Waals surface area contributed by atoms with Crippen LogP contribution in [0, 0.1) is 12.8 Å². The fourth-order valence-electron chi connectivity index (χ4n) is 3.55. The first kappa shape index (κ1) is 16.6. The summed E-state index contributed by atoms with van der Waals surface area (Å²) in [6.45, 7) is 3.19. The van der Waals surface area contributed by atoms with Gasteiger partial charge in [0.1, 0.15) is 0 Å². The molecule has 0 radical (unpaired) electrons. The lowest BCUT2D eigenvalue weighted by atomic mass is 9.95. The highest BCUT2D eigenvalue weighted by molar-refractivity contribution is 6.22. The fraction of sp³-hybridized carbons (Fsp3) is 0.500. The smallest absolute Gasteiger partial charge is 0.308 e. The summed E-state index contributed by atoms with van der Waals surface area (Å²) < 4.78 is 4.79. The van der Waals surface area contributed by atoms with E-state index in [1.165, 1.54) is 12.0 Å². The number of esters is 1. The standard InChI is InChI=1S/C18H22N2O4/c1-12-4-3-5-14(10-12)20-16(21)11-15(17(20)22)19-8-6-13(7-9-19)18(23)24-2/h3-5,10,13,15H,6-9,11H2,1-2H3/t15-/m1/s1. The molecule has 1 aromatic rings. The lowest BCUT2D eigenvalue weighted by Crippen LogP contribution is -2.46. The molecular formula is C18H22N2O4.